The third-order valence-corrected chi connectivity index (χ3v) is 5.45. The molecule has 2 aromatic carbocycles. The fourth-order valence-corrected chi connectivity index (χ4v) is 4.03. The van der Waals surface area contributed by atoms with E-state index in [0.717, 1.165) is 42.4 Å². The van der Waals surface area contributed by atoms with Gasteiger partial charge in [-0.1, -0.05) is 30.3 Å². The van der Waals surface area contributed by atoms with Crippen LogP contribution in [-0.2, 0) is 11.2 Å². The van der Waals surface area contributed by atoms with Gasteiger partial charge in [-0.05, 0) is 43.0 Å². The molecule has 1 fully saturated rings. The SMILES string of the molecule is O=C(NCCc1c[nH]c2ccccc12)[C@@H]1CCCN1c1nc2ccccc2o1. The molecular weight excluding hydrogens is 352 g/mol. The number of nitrogens with zero attached hydrogens (tertiary/aromatic N) is 2. The van der Waals surface area contributed by atoms with Gasteiger partial charge in [0.15, 0.2) is 5.58 Å². The highest BCUT2D eigenvalue weighted by Crippen LogP contribution is 2.28. The molecule has 0 unspecified atom stereocenters. The Kier molecular flexibility index (Phi) is 4.24. The summed E-state index contributed by atoms with van der Waals surface area (Å²) in [5.74, 6) is 0.0413. The number of nitrogens with one attached hydrogen (secondary N) is 2. The predicted molar refractivity (Wildman–Crippen MR) is 109 cm³/mol. The number of hydrogen-bond donors (Lipinski definition) is 2. The number of benzene rings is 2. The Morgan fingerprint density at radius 2 is 2.07 bits per heavy atom. The second-order valence-corrected chi connectivity index (χ2v) is 7.22. The van der Waals surface area contributed by atoms with Crippen LogP contribution in [0.5, 0.6) is 0 Å². The monoisotopic (exact) mass is 374 g/mol. The molecule has 1 aliphatic rings. The summed E-state index contributed by atoms with van der Waals surface area (Å²) in [6, 6.07) is 16.2. The standard InChI is InChI=1S/C22H22N4O2/c27-21(23-12-11-15-14-24-17-7-2-1-6-16(15)17)19-9-5-13-26(19)22-25-18-8-3-4-10-20(18)28-22/h1-4,6-8,10,14,19,24H,5,9,11-13H2,(H,23,27)/t19-/m0/s1. The Bertz CT molecular complexity index is 1100. The van der Waals surface area contributed by atoms with Crippen molar-refractivity contribution in [3.05, 3.63) is 60.3 Å². The molecule has 0 spiro atoms. The summed E-state index contributed by atoms with van der Waals surface area (Å²) >= 11 is 0. The van der Waals surface area contributed by atoms with Crippen molar-refractivity contribution in [3.8, 4) is 0 Å². The van der Waals surface area contributed by atoms with E-state index in [1.165, 1.54) is 10.9 Å². The summed E-state index contributed by atoms with van der Waals surface area (Å²) in [4.78, 5) is 22.6. The van der Waals surface area contributed by atoms with Gasteiger partial charge in [0.1, 0.15) is 11.6 Å². The Labute approximate surface area is 162 Å². The largest absolute Gasteiger partial charge is 0.423 e. The summed E-state index contributed by atoms with van der Waals surface area (Å²) in [7, 11) is 0. The lowest BCUT2D eigenvalue weighted by atomic mass is 10.1. The van der Waals surface area contributed by atoms with E-state index in [1.807, 2.05) is 47.5 Å². The highest BCUT2D eigenvalue weighted by molar-refractivity contribution is 5.86. The van der Waals surface area contributed by atoms with Crippen molar-refractivity contribution in [2.45, 2.75) is 25.3 Å². The fraction of sp³-hybridized carbons (Fsp3) is 0.273. The van der Waals surface area contributed by atoms with Crippen molar-refractivity contribution in [2.75, 3.05) is 18.0 Å². The van der Waals surface area contributed by atoms with Crippen LogP contribution in [0.2, 0.25) is 0 Å². The number of carbonyl (C=O) groups excluding carboxylic acids is 1. The number of oxazole rings is 1. The molecule has 3 heterocycles. The smallest absolute Gasteiger partial charge is 0.299 e. The minimum atomic E-state index is -0.226. The van der Waals surface area contributed by atoms with Crippen molar-refractivity contribution in [1.82, 2.24) is 15.3 Å². The van der Waals surface area contributed by atoms with Gasteiger partial charge in [-0.15, -0.1) is 0 Å². The van der Waals surface area contributed by atoms with Gasteiger partial charge in [0, 0.05) is 30.2 Å². The molecule has 0 saturated carbocycles. The summed E-state index contributed by atoms with van der Waals surface area (Å²) < 4.78 is 5.87. The first kappa shape index (κ1) is 16.9. The molecule has 4 aromatic rings. The molecular formula is C22H22N4O2. The molecule has 1 aliphatic heterocycles. The number of H-pyrrole nitrogens is 1. The normalized spacial score (nSPS) is 16.9. The number of amides is 1. The van der Waals surface area contributed by atoms with Crippen LogP contribution in [0, 0.1) is 0 Å². The Morgan fingerprint density at radius 1 is 1.21 bits per heavy atom. The summed E-state index contributed by atoms with van der Waals surface area (Å²) in [6.07, 6.45) is 4.60. The highest BCUT2D eigenvalue weighted by atomic mass is 16.4. The van der Waals surface area contributed by atoms with E-state index in [0.29, 0.717) is 12.6 Å². The topological polar surface area (TPSA) is 74.2 Å². The van der Waals surface area contributed by atoms with Gasteiger partial charge in [0.2, 0.25) is 5.91 Å². The number of aromatic nitrogens is 2. The number of aromatic amines is 1. The second kappa shape index (κ2) is 7.03. The molecule has 2 aromatic heterocycles. The van der Waals surface area contributed by atoms with Crippen LogP contribution >= 0.6 is 0 Å². The highest BCUT2D eigenvalue weighted by Gasteiger charge is 2.33. The molecule has 5 rings (SSSR count). The van der Waals surface area contributed by atoms with E-state index in [2.05, 4.69) is 27.4 Å². The molecule has 6 heteroatoms. The molecule has 28 heavy (non-hydrogen) atoms. The van der Waals surface area contributed by atoms with E-state index in [-0.39, 0.29) is 11.9 Å². The van der Waals surface area contributed by atoms with E-state index in [1.54, 1.807) is 0 Å². The average Bonchev–Trinajstić information content (AvgIpc) is 3.45. The maximum Gasteiger partial charge on any atom is 0.299 e. The van der Waals surface area contributed by atoms with Crippen LogP contribution in [0.25, 0.3) is 22.0 Å². The first-order chi connectivity index (χ1) is 13.8. The van der Waals surface area contributed by atoms with Gasteiger partial charge in [-0.2, -0.15) is 4.98 Å². The number of fused-ring (bicyclic) bond motifs is 2. The van der Waals surface area contributed by atoms with Gasteiger partial charge in [0.05, 0.1) is 0 Å². The molecule has 2 N–H and O–H groups in total. The Balaban J connectivity index is 1.25. The lowest BCUT2D eigenvalue weighted by Crippen LogP contribution is -2.44. The predicted octanol–water partition coefficient (Wildman–Crippen LogP) is 3.64. The average molecular weight is 374 g/mol. The zero-order valence-electron chi connectivity index (χ0n) is 15.5. The Hall–Kier alpha value is -3.28. The fourth-order valence-electron chi connectivity index (χ4n) is 4.03. The third-order valence-electron chi connectivity index (χ3n) is 5.45. The first-order valence-electron chi connectivity index (χ1n) is 9.74. The summed E-state index contributed by atoms with van der Waals surface area (Å²) in [5.41, 5.74) is 3.92. The molecule has 1 atom stereocenters. The van der Waals surface area contributed by atoms with Gasteiger partial charge < -0.3 is 19.6 Å². The maximum absolute atomic E-state index is 12.8. The minimum absolute atomic E-state index is 0.0413. The van der Waals surface area contributed by atoms with E-state index < -0.39 is 0 Å². The van der Waals surface area contributed by atoms with Crippen LogP contribution in [-0.4, -0.2) is 35.0 Å². The molecule has 1 amide bonds. The van der Waals surface area contributed by atoms with Crippen LogP contribution in [0.15, 0.2) is 59.1 Å². The van der Waals surface area contributed by atoms with E-state index in [4.69, 9.17) is 4.42 Å². The zero-order chi connectivity index (χ0) is 18.9. The van der Waals surface area contributed by atoms with E-state index in [9.17, 15) is 4.79 Å². The van der Waals surface area contributed by atoms with Crippen LogP contribution < -0.4 is 10.2 Å². The van der Waals surface area contributed by atoms with Crippen molar-refractivity contribution < 1.29 is 9.21 Å². The maximum atomic E-state index is 12.8. The summed E-state index contributed by atoms with van der Waals surface area (Å²) in [5, 5.41) is 4.31. The second-order valence-electron chi connectivity index (χ2n) is 7.22. The first-order valence-corrected chi connectivity index (χ1v) is 9.74. The van der Waals surface area contributed by atoms with Crippen molar-refractivity contribution >= 4 is 33.9 Å². The van der Waals surface area contributed by atoms with Gasteiger partial charge in [-0.25, -0.2) is 0 Å². The molecule has 0 radical (unpaired) electrons. The van der Waals surface area contributed by atoms with Crippen molar-refractivity contribution in [1.29, 1.82) is 0 Å². The number of anilines is 1. The zero-order valence-corrected chi connectivity index (χ0v) is 15.5. The molecule has 142 valence electrons. The van der Waals surface area contributed by atoms with E-state index >= 15 is 0 Å². The Morgan fingerprint density at radius 3 is 3.00 bits per heavy atom. The van der Waals surface area contributed by atoms with Crippen LogP contribution in [0.3, 0.4) is 0 Å². The minimum Gasteiger partial charge on any atom is -0.423 e. The van der Waals surface area contributed by atoms with Gasteiger partial charge in [0.25, 0.3) is 6.01 Å². The quantitative estimate of drug-likeness (QED) is 0.559. The lowest BCUT2D eigenvalue weighted by molar-refractivity contribution is -0.122. The summed E-state index contributed by atoms with van der Waals surface area (Å²) in [6.45, 7) is 1.39. The van der Waals surface area contributed by atoms with Crippen molar-refractivity contribution in [3.63, 3.8) is 0 Å². The third kappa shape index (κ3) is 3.01. The molecule has 1 saturated heterocycles. The van der Waals surface area contributed by atoms with Crippen LogP contribution in [0.4, 0.5) is 6.01 Å². The van der Waals surface area contributed by atoms with Crippen LogP contribution in [0.1, 0.15) is 18.4 Å². The van der Waals surface area contributed by atoms with Gasteiger partial charge >= 0.3 is 0 Å². The number of hydrogen-bond acceptors (Lipinski definition) is 4. The molecule has 0 aliphatic carbocycles. The van der Waals surface area contributed by atoms with Gasteiger partial charge in [-0.3, -0.25) is 4.79 Å². The molecule has 0 bridgehead atoms. The number of rotatable bonds is 5. The lowest BCUT2D eigenvalue weighted by Gasteiger charge is -2.21. The molecule has 6 nitrogen and oxygen atoms in total. The number of para-hydroxylation sites is 3. The number of carbonyl (C=O) groups is 1. The van der Waals surface area contributed by atoms with Crippen molar-refractivity contribution in [2.24, 2.45) is 0 Å².